The number of amides is 1. The number of anilines is 1. The van der Waals surface area contributed by atoms with Gasteiger partial charge in [0.25, 0.3) is 11.8 Å². The average Bonchev–Trinajstić information content (AvgIpc) is 2.81. The van der Waals surface area contributed by atoms with Crippen molar-refractivity contribution in [3.8, 4) is 0 Å². The van der Waals surface area contributed by atoms with Crippen LogP contribution >= 0.6 is 11.8 Å². The highest BCUT2D eigenvalue weighted by molar-refractivity contribution is 7.98. The highest BCUT2D eigenvalue weighted by atomic mass is 32.2. The van der Waals surface area contributed by atoms with Gasteiger partial charge in [-0.3, -0.25) is 4.79 Å². The molecule has 1 aromatic heterocycles. The molecule has 6 nitrogen and oxygen atoms in total. The van der Waals surface area contributed by atoms with Gasteiger partial charge in [-0.05, 0) is 37.5 Å². The smallest absolute Gasteiger partial charge is 0.285 e. The number of alkyl halides is 2. The third-order valence-electron chi connectivity index (χ3n) is 4.85. The Kier molecular flexibility index (Phi) is 5.85. The molecule has 0 fully saturated rings. The van der Waals surface area contributed by atoms with Crippen LogP contribution in [-0.2, 0) is 10.2 Å². The first kappa shape index (κ1) is 21.1. The Balaban J connectivity index is 1.96. The van der Waals surface area contributed by atoms with E-state index in [9.17, 15) is 18.0 Å². The number of aromatic nitrogens is 2. The number of thioether (sulfide) groups is 1. The van der Waals surface area contributed by atoms with Gasteiger partial charge in [0.15, 0.2) is 0 Å². The quantitative estimate of drug-likeness (QED) is 0.732. The maximum absolute atomic E-state index is 14.8. The lowest BCUT2D eigenvalue weighted by molar-refractivity contribution is -0.108. The summed E-state index contributed by atoms with van der Waals surface area (Å²) in [7, 11) is 0. The number of nitrogens with one attached hydrogen (secondary N) is 1. The van der Waals surface area contributed by atoms with E-state index in [1.54, 1.807) is 0 Å². The molecule has 2 heterocycles. The second-order valence-corrected chi connectivity index (χ2v) is 7.42. The van der Waals surface area contributed by atoms with Crippen molar-refractivity contribution in [1.29, 1.82) is 0 Å². The van der Waals surface area contributed by atoms with Crippen LogP contribution in [0, 0.1) is 5.82 Å². The summed E-state index contributed by atoms with van der Waals surface area (Å²) in [6.45, 7) is 0.151. The Morgan fingerprint density at radius 3 is 2.72 bits per heavy atom. The van der Waals surface area contributed by atoms with Gasteiger partial charge in [-0.1, -0.05) is 0 Å². The Morgan fingerprint density at radius 2 is 2.07 bits per heavy atom. The first-order valence-corrected chi connectivity index (χ1v) is 9.80. The van der Waals surface area contributed by atoms with Gasteiger partial charge in [0.2, 0.25) is 0 Å². The molecule has 10 heteroatoms. The summed E-state index contributed by atoms with van der Waals surface area (Å²) < 4.78 is 49.2. The monoisotopic (exact) mass is 424 g/mol. The zero-order valence-electron chi connectivity index (χ0n) is 15.7. The van der Waals surface area contributed by atoms with Crippen molar-refractivity contribution in [3.05, 3.63) is 59.4 Å². The number of nitrogens with two attached hydrogens (primary N) is 1. The molecule has 1 atom stereocenters. The molecule has 3 N–H and O–H groups in total. The number of carbonyl (C=O) groups excluding carboxylic acids is 1. The number of carbonyl (C=O) groups is 1. The van der Waals surface area contributed by atoms with Crippen LogP contribution in [0.1, 0.15) is 23.0 Å². The fraction of sp³-hybridized carbons (Fsp3) is 0.316. The molecular formula is C19H19F3N4O2S. The minimum atomic E-state index is -3.47. The molecule has 1 aromatic carbocycles. The molecule has 0 spiro atoms. The van der Waals surface area contributed by atoms with Gasteiger partial charge in [0.05, 0.1) is 19.0 Å². The summed E-state index contributed by atoms with van der Waals surface area (Å²) in [6, 6.07) is 3.43. The Labute approximate surface area is 169 Å². The molecule has 0 saturated heterocycles. The molecule has 1 aliphatic heterocycles. The van der Waals surface area contributed by atoms with Gasteiger partial charge in [0, 0.05) is 16.9 Å². The van der Waals surface area contributed by atoms with Crippen molar-refractivity contribution in [2.45, 2.75) is 23.3 Å². The highest BCUT2D eigenvalue weighted by Crippen LogP contribution is 2.46. The van der Waals surface area contributed by atoms with E-state index < -0.39 is 29.7 Å². The maximum Gasteiger partial charge on any atom is 0.285 e. The minimum Gasteiger partial charge on any atom is -0.401 e. The standard InChI is InChI=1S/C19H19F3N4O2S/c1-18(15(23)5-6-28-10-19(18,21)22)12-7-11(3-4-13(12)20)26-17(27)14-8-25-16(29-2)9-24-14/h3-5,7-9H,6,10,23H2,1-2H3,(H,26,27)/t18-/m0/s1. The van der Waals surface area contributed by atoms with Crippen molar-refractivity contribution in [1.82, 2.24) is 9.97 Å². The van der Waals surface area contributed by atoms with Crippen LogP contribution in [0.25, 0.3) is 0 Å². The summed E-state index contributed by atoms with van der Waals surface area (Å²) in [5.74, 6) is -4.94. The maximum atomic E-state index is 14.8. The van der Waals surface area contributed by atoms with E-state index >= 15 is 0 Å². The van der Waals surface area contributed by atoms with E-state index in [0.717, 1.165) is 19.1 Å². The van der Waals surface area contributed by atoms with Crippen LogP contribution in [0.15, 0.2) is 47.4 Å². The second kappa shape index (κ2) is 8.03. The number of benzene rings is 1. The fourth-order valence-corrected chi connectivity index (χ4v) is 3.28. The van der Waals surface area contributed by atoms with Gasteiger partial charge < -0.3 is 15.8 Å². The van der Waals surface area contributed by atoms with E-state index in [1.165, 1.54) is 36.3 Å². The van der Waals surface area contributed by atoms with E-state index in [-0.39, 0.29) is 29.2 Å². The van der Waals surface area contributed by atoms with Gasteiger partial charge in [-0.2, -0.15) is 0 Å². The van der Waals surface area contributed by atoms with Crippen molar-refractivity contribution < 1.29 is 22.7 Å². The third kappa shape index (κ3) is 3.95. The summed E-state index contributed by atoms with van der Waals surface area (Å²) in [5, 5.41) is 3.16. The number of allylic oxidation sites excluding steroid dienone is 1. The normalized spacial score (nSPS) is 21.2. The topological polar surface area (TPSA) is 90.1 Å². The Hall–Kier alpha value is -2.59. The zero-order chi connectivity index (χ0) is 21.2. The van der Waals surface area contributed by atoms with Crippen molar-refractivity contribution in [2.24, 2.45) is 5.73 Å². The first-order valence-electron chi connectivity index (χ1n) is 8.58. The van der Waals surface area contributed by atoms with Crippen LogP contribution in [0.5, 0.6) is 0 Å². The molecule has 0 bridgehead atoms. The molecule has 2 aromatic rings. The number of hydrogen-bond donors (Lipinski definition) is 2. The van der Waals surface area contributed by atoms with Crippen LogP contribution in [-0.4, -0.2) is 41.3 Å². The van der Waals surface area contributed by atoms with E-state index in [1.807, 2.05) is 6.26 Å². The predicted molar refractivity (Wildman–Crippen MR) is 104 cm³/mol. The first-order chi connectivity index (χ1) is 13.7. The third-order valence-corrected chi connectivity index (χ3v) is 5.48. The fourth-order valence-electron chi connectivity index (χ4n) is 2.97. The van der Waals surface area contributed by atoms with E-state index in [4.69, 9.17) is 10.5 Å². The van der Waals surface area contributed by atoms with Gasteiger partial charge in [0.1, 0.15) is 28.6 Å². The molecule has 1 aliphatic rings. The molecule has 0 unspecified atom stereocenters. The molecule has 29 heavy (non-hydrogen) atoms. The summed E-state index contributed by atoms with van der Waals surface area (Å²) in [4.78, 5) is 20.5. The number of hydrogen-bond acceptors (Lipinski definition) is 6. The largest absolute Gasteiger partial charge is 0.401 e. The molecule has 0 aliphatic carbocycles. The summed E-state index contributed by atoms with van der Waals surface area (Å²) in [5.41, 5.74) is 3.35. The number of rotatable bonds is 4. The molecule has 154 valence electrons. The van der Waals surface area contributed by atoms with Gasteiger partial charge in [-0.25, -0.2) is 23.1 Å². The molecule has 0 radical (unpaired) electrons. The summed E-state index contributed by atoms with van der Waals surface area (Å²) >= 11 is 1.37. The Morgan fingerprint density at radius 1 is 1.31 bits per heavy atom. The average molecular weight is 424 g/mol. The van der Waals surface area contributed by atoms with Crippen LogP contribution in [0.3, 0.4) is 0 Å². The molecule has 3 rings (SSSR count). The number of nitrogens with zero attached hydrogens (tertiary/aromatic N) is 2. The van der Waals surface area contributed by atoms with Crippen LogP contribution in [0.2, 0.25) is 0 Å². The summed E-state index contributed by atoms with van der Waals surface area (Å²) in [6.07, 6.45) is 5.85. The van der Waals surface area contributed by atoms with Gasteiger partial charge >= 0.3 is 0 Å². The van der Waals surface area contributed by atoms with Gasteiger partial charge in [-0.15, -0.1) is 11.8 Å². The SMILES string of the molecule is CSc1cnc(C(=O)Nc2ccc(F)c([C@@]3(C)C(N)=CCOCC3(F)F)c2)cn1. The molecule has 0 saturated carbocycles. The molecule has 1 amide bonds. The number of ether oxygens (including phenoxy) is 1. The lowest BCUT2D eigenvalue weighted by atomic mass is 9.73. The Bertz CT molecular complexity index is 953. The molecular weight excluding hydrogens is 405 g/mol. The van der Waals surface area contributed by atoms with Crippen molar-refractivity contribution >= 4 is 23.4 Å². The van der Waals surface area contributed by atoms with Crippen molar-refractivity contribution in [2.75, 3.05) is 24.8 Å². The lowest BCUT2D eigenvalue weighted by Gasteiger charge is -2.37. The lowest BCUT2D eigenvalue weighted by Crippen LogP contribution is -2.49. The van der Waals surface area contributed by atoms with Crippen LogP contribution < -0.4 is 11.1 Å². The van der Waals surface area contributed by atoms with Crippen LogP contribution in [0.4, 0.5) is 18.9 Å². The predicted octanol–water partition coefficient (Wildman–Crippen LogP) is 3.36. The second-order valence-electron chi connectivity index (χ2n) is 6.60. The number of halogens is 3. The zero-order valence-corrected chi connectivity index (χ0v) is 16.5. The minimum absolute atomic E-state index is 0.0347. The highest BCUT2D eigenvalue weighted by Gasteiger charge is 2.55. The van der Waals surface area contributed by atoms with E-state index in [2.05, 4.69) is 15.3 Å². The van der Waals surface area contributed by atoms with E-state index in [0.29, 0.717) is 5.03 Å². The van der Waals surface area contributed by atoms with Crippen molar-refractivity contribution in [3.63, 3.8) is 0 Å².